The fourth-order valence-corrected chi connectivity index (χ4v) is 3.47. The molecule has 0 aromatic carbocycles. The zero-order valence-electron chi connectivity index (χ0n) is 9.91. The Balaban J connectivity index is 4.85. The molecular weight excluding hydrogens is 164 g/mol. The summed E-state index contributed by atoms with van der Waals surface area (Å²) in [6, 6.07) is 0. The fraction of sp³-hybridized carbons (Fsp3) is 1.00. The van der Waals surface area contributed by atoms with Gasteiger partial charge in [0.1, 0.15) is 0 Å². The molecule has 12 heavy (non-hydrogen) atoms. The first-order valence-electron chi connectivity index (χ1n) is 4.61. The molecule has 0 saturated carbocycles. The number of rotatable bonds is 2. The van der Waals surface area contributed by atoms with Gasteiger partial charge in [0, 0.05) is 7.11 Å². The minimum absolute atomic E-state index is 0.0608. The second-order valence-corrected chi connectivity index (χ2v) is 11.5. The Morgan fingerprint density at radius 2 is 1.25 bits per heavy atom. The minimum atomic E-state index is -1.35. The van der Waals surface area contributed by atoms with Gasteiger partial charge in [0.25, 0.3) is 0 Å². The molecule has 1 nitrogen and oxygen atoms in total. The molecule has 0 bridgehead atoms. The van der Waals surface area contributed by atoms with Gasteiger partial charge in [-0.25, -0.2) is 0 Å². The molecule has 0 radical (unpaired) electrons. The maximum absolute atomic E-state index is 5.59. The topological polar surface area (TPSA) is 9.23 Å². The van der Waals surface area contributed by atoms with E-state index >= 15 is 0 Å². The number of hydrogen-bond acceptors (Lipinski definition) is 1. The molecule has 0 fully saturated rings. The zero-order chi connectivity index (χ0) is 10.2. The summed E-state index contributed by atoms with van der Waals surface area (Å²) in [5.41, 5.74) is 0. The first-order valence-corrected chi connectivity index (χ1v) is 7.61. The van der Waals surface area contributed by atoms with Crippen molar-refractivity contribution in [1.82, 2.24) is 0 Å². The lowest BCUT2D eigenvalue weighted by Crippen LogP contribution is -2.57. The lowest BCUT2D eigenvalue weighted by Gasteiger charge is -2.47. The quantitative estimate of drug-likeness (QED) is 0.603. The predicted octanol–water partition coefficient (Wildman–Crippen LogP) is 3.46. The van der Waals surface area contributed by atoms with Gasteiger partial charge in [0.15, 0.2) is 0 Å². The molecule has 0 spiro atoms. The summed E-state index contributed by atoms with van der Waals surface area (Å²) < 4.78 is 5.59. The second-order valence-electron chi connectivity index (χ2n) is 5.59. The van der Waals surface area contributed by atoms with Crippen LogP contribution in [0.2, 0.25) is 18.1 Å². The summed E-state index contributed by atoms with van der Waals surface area (Å²) in [6.45, 7) is 16.2. The van der Waals surface area contributed by atoms with Crippen LogP contribution in [0.4, 0.5) is 0 Å². The third-order valence-electron chi connectivity index (χ3n) is 3.89. The number of hydrogen-bond donors (Lipinski definition) is 0. The van der Waals surface area contributed by atoms with Gasteiger partial charge in [-0.2, -0.15) is 0 Å². The molecule has 0 N–H and O–H groups in total. The Morgan fingerprint density at radius 1 is 0.917 bits per heavy atom. The van der Waals surface area contributed by atoms with Crippen LogP contribution in [0.3, 0.4) is 0 Å². The molecule has 0 amide bonds. The predicted molar refractivity (Wildman–Crippen MR) is 58.3 cm³/mol. The first-order chi connectivity index (χ1) is 5.06. The molecule has 0 aliphatic rings. The van der Waals surface area contributed by atoms with E-state index in [1.165, 1.54) is 0 Å². The molecular formula is C10H24OSi. The number of ether oxygens (including phenoxy) is 1. The van der Waals surface area contributed by atoms with Crippen molar-refractivity contribution in [2.75, 3.05) is 7.11 Å². The molecule has 2 heteroatoms. The molecule has 0 saturated heterocycles. The Bertz CT molecular complexity index is 154. The highest BCUT2D eigenvalue weighted by Crippen LogP contribution is 2.43. The maximum atomic E-state index is 5.59. The van der Waals surface area contributed by atoms with Crippen molar-refractivity contribution in [2.45, 2.75) is 58.0 Å². The summed E-state index contributed by atoms with van der Waals surface area (Å²) in [7, 11) is 0.465. The molecule has 0 rings (SSSR count). The third kappa shape index (κ3) is 1.91. The highest BCUT2D eigenvalue weighted by molar-refractivity contribution is 6.82. The van der Waals surface area contributed by atoms with Crippen molar-refractivity contribution >= 4 is 8.07 Å². The highest BCUT2D eigenvalue weighted by atomic mass is 28.3. The van der Waals surface area contributed by atoms with Crippen molar-refractivity contribution in [3.8, 4) is 0 Å². The van der Waals surface area contributed by atoms with Crippen LogP contribution in [-0.4, -0.2) is 20.4 Å². The van der Waals surface area contributed by atoms with Gasteiger partial charge < -0.3 is 4.74 Å². The Labute approximate surface area is 78.5 Å². The van der Waals surface area contributed by atoms with E-state index in [-0.39, 0.29) is 5.22 Å². The van der Waals surface area contributed by atoms with Crippen molar-refractivity contribution in [3.05, 3.63) is 0 Å². The molecule has 74 valence electrons. The fourth-order valence-electron chi connectivity index (χ4n) is 1.16. The van der Waals surface area contributed by atoms with Crippen LogP contribution in [0, 0.1) is 0 Å². The van der Waals surface area contributed by atoms with E-state index in [2.05, 4.69) is 47.7 Å². The standard InChI is InChI=1S/C10H24OSi/c1-9(2,3)12(7,8)10(4,5)11-6/h1-8H3. The van der Waals surface area contributed by atoms with Crippen LogP contribution in [0.5, 0.6) is 0 Å². The first kappa shape index (κ1) is 12.2. The van der Waals surface area contributed by atoms with Gasteiger partial charge in [-0.1, -0.05) is 33.9 Å². The SMILES string of the molecule is COC(C)(C)[Si](C)(C)C(C)(C)C. The van der Waals surface area contributed by atoms with Gasteiger partial charge in [0.05, 0.1) is 13.3 Å². The lowest BCUT2D eigenvalue weighted by molar-refractivity contribution is 0.0812. The second kappa shape index (κ2) is 3.15. The largest absolute Gasteiger partial charge is 0.382 e. The van der Waals surface area contributed by atoms with E-state index in [0.717, 1.165) is 0 Å². The van der Waals surface area contributed by atoms with Crippen molar-refractivity contribution < 1.29 is 4.74 Å². The van der Waals surface area contributed by atoms with E-state index in [9.17, 15) is 0 Å². The van der Waals surface area contributed by atoms with Gasteiger partial charge in [-0.3, -0.25) is 0 Å². The van der Waals surface area contributed by atoms with Gasteiger partial charge in [-0.15, -0.1) is 0 Å². The zero-order valence-corrected chi connectivity index (χ0v) is 10.9. The molecule has 0 heterocycles. The summed E-state index contributed by atoms with van der Waals surface area (Å²) in [4.78, 5) is 0. The Kier molecular flexibility index (Phi) is 3.19. The minimum Gasteiger partial charge on any atom is -0.382 e. The number of methoxy groups -OCH3 is 1. The molecule has 0 aliphatic heterocycles. The van der Waals surface area contributed by atoms with Crippen LogP contribution in [0.25, 0.3) is 0 Å². The van der Waals surface area contributed by atoms with Gasteiger partial charge in [-0.05, 0) is 18.9 Å². The van der Waals surface area contributed by atoms with Crippen LogP contribution in [-0.2, 0) is 4.74 Å². The maximum Gasteiger partial charge on any atom is 0.0900 e. The van der Waals surface area contributed by atoms with Crippen LogP contribution < -0.4 is 0 Å². The smallest absolute Gasteiger partial charge is 0.0900 e. The molecule has 0 unspecified atom stereocenters. The Hall–Kier alpha value is 0.177. The molecule has 0 aromatic heterocycles. The van der Waals surface area contributed by atoms with Crippen LogP contribution in [0.1, 0.15) is 34.6 Å². The average Bonchev–Trinajstić information content (AvgIpc) is 1.85. The molecule has 0 atom stereocenters. The molecule has 0 aliphatic carbocycles. The normalized spacial score (nSPS) is 15.0. The molecule has 0 aromatic rings. The van der Waals surface area contributed by atoms with Gasteiger partial charge >= 0.3 is 0 Å². The summed E-state index contributed by atoms with van der Waals surface area (Å²) in [5, 5.41) is 0.456. The third-order valence-corrected chi connectivity index (χ3v) is 10.9. The lowest BCUT2D eigenvalue weighted by atomic mass is 10.2. The van der Waals surface area contributed by atoms with Crippen molar-refractivity contribution in [1.29, 1.82) is 0 Å². The summed E-state index contributed by atoms with van der Waals surface area (Å²) in [5.74, 6) is 0. The van der Waals surface area contributed by atoms with Crippen LogP contribution in [0.15, 0.2) is 0 Å². The van der Waals surface area contributed by atoms with Gasteiger partial charge in [0.2, 0.25) is 0 Å². The van der Waals surface area contributed by atoms with E-state index in [0.29, 0.717) is 5.04 Å². The average molecular weight is 188 g/mol. The van der Waals surface area contributed by atoms with Crippen molar-refractivity contribution in [2.24, 2.45) is 0 Å². The Morgan fingerprint density at radius 3 is 1.33 bits per heavy atom. The van der Waals surface area contributed by atoms with Crippen molar-refractivity contribution in [3.63, 3.8) is 0 Å². The monoisotopic (exact) mass is 188 g/mol. The highest BCUT2D eigenvalue weighted by Gasteiger charge is 2.47. The van der Waals surface area contributed by atoms with Crippen LogP contribution >= 0.6 is 0 Å². The van der Waals surface area contributed by atoms with E-state index < -0.39 is 8.07 Å². The summed E-state index contributed by atoms with van der Waals surface area (Å²) >= 11 is 0. The van der Waals surface area contributed by atoms with E-state index in [1.54, 1.807) is 0 Å². The van der Waals surface area contributed by atoms with E-state index in [1.807, 2.05) is 7.11 Å². The van der Waals surface area contributed by atoms with E-state index in [4.69, 9.17) is 4.74 Å². The summed E-state index contributed by atoms with van der Waals surface area (Å²) in [6.07, 6.45) is 0.